The van der Waals surface area contributed by atoms with Crippen LogP contribution in [0.15, 0.2) is 28.8 Å². The van der Waals surface area contributed by atoms with Gasteiger partial charge in [0.2, 0.25) is 5.82 Å². The second kappa shape index (κ2) is 5.94. The minimum absolute atomic E-state index is 0.280. The van der Waals surface area contributed by atoms with Crippen molar-refractivity contribution in [2.24, 2.45) is 5.73 Å². The van der Waals surface area contributed by atoms with E-state index in [9.17, 15) is 5.11 Å². The van der Waals surface area contributed by atoms with Crippen LogP contribution in [0.25, 0.3) is 11.4 Å². The Kier molecular flexibility index (Phi) is 4.00. The van der Waals surface area contributed by atoms with Crippen LogP contribution >= 0.6 is 0 Å². The van der Waals surface area contributed by atoms with Crippen molar-refractivity contribution in [2.45, 2.75) is 18.4 Å². The summed E-state index contributed by atoms with van der Waals surface area (Å²) >= 11 is 0. The summed E-state index contributed by atoms with van der Waals surface area (Å²) in [5.74, 6) is 1.32. The number of methoxy groups -OCH3 is 1. The maximum Gasteiger partial charge on any atom is 0.324 e. The third-order valence-electron chi connectivity index (χ3n) is 4.11. The zero-order chi connectivity index (χ0) is 15.6. The maximum atomic E-state index is 10.1. The van der Waals surface area contributed by atoms with Gasteiger partial charge in [-0.25, -0.2) is 0 Å². The topological polar surface area (TPSA) is 97.6 Å². The van der Waals surface area contributed by atoms with Crippen LogP contribution in [-0.4, -0.2) is 47.6 Å². The normalized spacial score (nSPS) is 17.5. The third kappa shape index (κ3) is 2.90. The zero-order valence-electron chi connectivity index (χ0n) is 12.5. The minimum Gasteiger partial charge on any atom is -0.497 e. The Hall–Kier alpha value is -2.12. The molecule has 3 rings (SSSR count). The summed E-state index contributed by atoms with van der Waals surface area (Å²) < 4.78 is 10.5. The van der Waals surface area contributed by atoms with Gasteiger partial charge in [-0.3, -0.25) is 0 Å². The Morgan fingerprint density at radius 3 is 2.59 bits per heavy atom. The third-order valence-corrected chi connectivity index (χ3v) is 4.11. The lowest BCUT2D eigenvalue weighted by atomic mass is 9.92. The number of hydrogen-bond acceptors (Lipinski definition) is 7. The summed E-state index contributed by atoms with van der Waals surface area (Å²) in [7, 11) is 1.63. The van der Waals surface area contributed by atoms with Crippen LogP contribution in [0.3, 0.4) is 0 Å². The van der Waals surface area contributed by atoms with Crippen LogP contribution in [0.1, 0.15) is 12.8 Å². The standard InChI is InChI=1S/C15H20N4O3/c1-21-12-4-2-11(3-5-12)13-17-14(22-18-13)19-8-6-15(20,10-16)7-9-19/h2-5,20H,6-10,16H2,1H3. The van der Waals surface area contributed by atoms with E-state index in [-0.39, 0.29) is 6.54 Å². The van der Waals surface area contributed by atoms with Gasteiger partial charge in [-0.2, -0.15) is 4.98 Å². The van der Waals surface area contributed by atoms with Crippen molar-refractivity contribution < 1.29 is 14.4 Å². The van der Waals surface area contributed by atoms with Crippen molar-refractivity contribution in [2.75, 3.05) is 31.6 Å². The Bertz CT molecular complexity index is 618. The molecule has 0 bridgehead atoms. The highest BCUT2D eigenvalue weighted by molar-refractivity contribution is 5.56. The van der Waals surface area contributed by atoms with E-state index < -0.39 is 5.60 Å². The largest absolute Gasteiger partial charge is 0.497 e. The molecule has 0 amide bonds. The lowest BCUT2D eigenvalue weighted by molar-refractivity contribution is 0.0240. The van der Waals surface area contributed by atoms with Crippen molar-refractivity contribution in [1.29, 1.82) is 0 Å². The van der Waals surface area contributed by atoms with Crippen molar-refractivity contribution in [3.05, 3.63) is 24.3 Å². The van der Waals surface area contributed by atoms with Crippen LogP contribution in [0, 0.1) is 0 Å². The fourth-order valence-corrected chi connectivity index (χ4v) is 2.52. The molecule has 1 aromatic heterocycles. The van der Waals surface area contributed by atoms with Crippen molar-refractivity contribution in [3.63, 3.8) is 0 Å². The molecule has 7 heteroatoms. The fourth-order valence-electron chi connectivity index (χ4n) is 2.52. The van der Waals surface area contributed by atoms with Crippen LogP contribution in [-0.2, 0) is 0 Å². The van der Waals surface area contributed by atoms with Crippen molar-refractivity contribution >= 4 is 6.01 Å². The van der Waals surface area contributed by atoms with Crippen LogP contribution in [0.2, 0.25) is 0 Å². The molecule has 7 nitrogen and oxygen atoms in total. The quantitative estimate of drug-likeness (QED) is 0.870. The molecule has 1 saturated heterocycles. The second-order valence-electron chi connectivity index (χ2n) is 5.54. The van der Waals surface area contributed by atoms with Crippen molar-refractivity contribution in [1.82, 2.24) is 10.1 Å². The highest BCUT2D eigenvalue weighted by atomic mass is 16.5. The average Bonchev–Trinajstić information content (AvgIpc) is 3.05. The summed E-state index contributed by atoms with van der Waals surface area (Å²) in [6.07, 6.45) is 1.20. The van der Waals surface area contributed by atoms with Gasteiger partial charge in [0.05, 0.1) is 12.7 Å². The molecule has 1 aliphatic heterocycles. The fraction of sp³-hybridized carbons (Fsp3) is 0.467. The number of ether oxygens (including phenoxy) is 1. The Labute approximate surface area is 128 Å². The first-order chi connectivity index (χ1) is 10.6. The average molecular weight is 304 g/mol. The molecule has 0 spiro atoms. The van der Waals surface area contributed by atoms with E-state index in [2.05, 4.69) is 10.1 Å². The molecule has 0 unspecified atom stereocenters. The monoisotopic (exact) mass is 304 g/mol. The van der Waals surface area contributed by atoms with E-state index in [1.807, 2.05) is 29.2 Å². The van der Waals surface area contributed by atoms with Crippen LogP contribution in [0.4, 0.5) is 6.01 Å². The minimum atomic E-state index is -0.769. The predicted octanol–water partition coefficient (Wildman–Crippen LogP) is 1.04. The van der Waals surface area contributed by atoms with Gasteiger partial charge in [-0.05, 0) is 37.1 Å². The first kappa shape index (κ1) is 14.8. The summed E-state index contributed by atoms with van der Waals surface area (Å²) in [6, 6.07) is 7.96. The molecule has 0 atom stereocenters. The molecule has 3 N–H and O–H groups in total. The number of aromatic nitrogens is 2. The SMILES string of the molecule is COc1ccc(-c2noc(N3CCC(O)(CN)CC3)n2)cc1. The van der Waals surface area contributed by atoms with E-state index in [0.29, 0.717) is 37.8 Å². The molecule has 1 aliphatic rings. The first-order valence-electron chi connectivity index (χ1n) is 7.29. The maximum absolute atomic E-state index is 10.1. The molecule has 2 heterocycles. The zero-order valence-corrected chi connectivity index (χ0v) is 12.5. The molecule has 2 aromatic rings. The highest BCUT2D eigenvalue weighted by Gasteiger charge is 2.32. The lowest BCUT2D eigenvalue weighted by Crippen LogP contribution is -2.48. The molecule has 1 aromatic carbocycles. The summed E-state index contributed by atoms with van der Waals surface area (Å²) in [5.41, 5.74) is 5.69. The number of hydrogen-bond donors (Lipinski definition) is 2. The number of benzene rings is 1. The highest BCUT2D eigenvalue weighted by Crippen LogP contribution is 2.27. The van der Waals surface area contributed by atoms with Gasteiger partial charge in [0.15, 0.2) is 0 Å². The predicted molar refractivity (Wildman–Crippen MR) is 81.7 cm³/mol. The van der Waals surface area contributed by atoms with E-state index in [0.717, 1.165) is 11.3 Å². The smallest absolute Gasteiger partial charge is 0.324 e. The molecule has 0 radical (unpaired) electrons. The van der Waals surface area contributed by atoms with Crippen LogP contribution in [0.5, 0.6) is 5.75 Å². The number of aliphatic hydroxyl groups is 1. The molecule has 118 valence electrons. The van der Waals surface area contributed by atoms with Gasteiger partial charge in [0.25, 0.3) is 0 Å². The van der Waals surface area contributed by atoms with Gasteiger partial charge in [0, 0.05) is 25.2 Å². The molecule has 0 aliphatic carbocycles. The Balaban J connectivity index is 1.71. The van der Waals surface area contributed by atoms with Crippen LogP contribution < -0.4 is 15.4 Å². The number of rotatable bonds is 4. The molecule has 22 heavy (non-hydrogen) atoms. The molecular weight excluding hydrogens is 284 g/mol. The molecule has 0 saturated carbocycles. The summed E-state index contributed by atoms with van der Waals surface area (Å²) in [6.45, 7) is 1.58. The Morgan fingerprint density at radius 2 is 2.00 bits per heavy atom. The molecule has 1 fully saturated rings. The summed E-state index contributed by atoms with van der Waals surface area (Å²) in [5, 5.41) is 14.2. The van der Waals surface area contributed by atoms with Gasteiger partial charge < -0.3 is 25.0 Å². The number of anilines is 1. The number of piperidine rings is 1. The number of nitrogens with zero attached hydrogens (tertiary/aromatic N) is 3. The van der Waals surface area contributed by atoms with E-state index >= 15 is 0 Å². The van der Waals surface area contributed by atoms with Gasteiger partial charge >= 0.3 is 6.01 Å². The summed E-state index contributed by atoms with van der Waals surface area (Å²) in [4.78, 5) is 6.40. The van der Waals surface area contributed by atoms with E-state index in [1.165, 1.54) is 0 Å². The lowest BCUT2D eigenvalue weighted by Gasteiger charge is -2.36. The van der Waals surface area contributed by atoms with E-state index in [1.54, 1.807) is 7.11 Å². The van der Waals surface area contributed by atoms with E-state index in [4.69, 9.17) is 15.0 Å². The molecular formula is C15H20N4O3. The van der Waals surface area contributed by atoms with Gasteiger partial charge in [0.1, 0.15) is 5.75 Å². The first-order valence-corrected chi connectivity index (χ1v) is 7.29. The second-order valence-corrected chi connectivity index (χ2v) is 5.54. The van der Waals surface area contributed by atoms with Gasteiger partial charge in [-0.15, -0.1) is 0 Å². The van der Waals surface area contributed by atoms with Crippen molar-refractivity contribution in [3.8, 4) is 17.1 Å². The Morgan fingerprint density at radius 1 is 1.32 bits per heavy atom. The number of nitrogens with two attached hydrogens (primary N) is 1. The van der Waals surface area contributed by atoms with Gasteiger partial charge in [-0.1, -0.05) is 5.16 Å².